The van der Waals surface area contributed by atoms with Crippen LogP contribution >= 0.6 is 30.3 Å². The monoisotopic (exact) mass is 489 g/mol. The van der Waals surface area contributed by atoms with Crippen molar-refractivity contribution in [3.05, 3.63) is 29.8 Å². The van der Waals surface area contributed by atoms with Gasteiger partial charge in [0.2, 0.25) is 0 Å². The van der Waals surface area contributed by atoms with Gasteiger partial charge in [0.05, 0.1) is 0 Å². The average molecular weight is 490 g/mol. The second-order valence-corrected chi connectivity index (χ2v) is 9.26. The lowest BCUT2D eigenvalue weighted by atomic mass is 9.84. The Morgan fingerprint density at radius 1 is 1.00 bits per heavy atom. The van der Waals surface area contributed by atoms with E-state index in [9.17, 15) is 0 Å². The predicted octanol–water partition coefficient (Wildman–Crippen LogP) is 5.63. The molecule has 0 radical (unpaired) electrons. The number of piperazine rings is 1. The summed E-state index contributed by atoms with van der Waals surface area (Å²) in [5, 5.41) is 0. The fourth-order valence-electron chi connectivity index (χ4n) is 4.12. The van der Waals surface area contributed by atoms with E-state index in [-0.39, 0.29) is 0 Å². The van der Waals surface area contributed by atoms with Crippen LogP contribution in [0.3, 0.4) is 0 Å². The molecule has 26 heavy (non-hydrogen) atoms. The molecule has 2 aliphatic rings. The first-order valence-electron chi connectivity index (χ1n) is 10.2. The van der Waals surface area contributed by atoms with Crippen molar-refractivity contribution in [3.63, 3.8) is 0 Å². The number of aryl methyl sites for hydroxylation is 1. The molecule has 2 fully saturated rings. The summed E-state index contributed by atoms with van der Waals surface area (Å²) in [6.45, 7) is 12.3. The molecule has 0 N–H and O–H groups in total. The Kier molecular flexibility index (Phi) is 10.1. The standard InChI is InChI=1S/C19H30IN3S.C2H6/c1-16-3-7-18(8-4-16)21(2)15-17-5-9-19(10-6-17)22-11-13-23(24-20)14-12-22;1-2/h3-4,7-8,17,19H,5-6,9-15H2,1-2H3;1-2H3. The maximum Gasteiger partial charge on any atom is 0.0363 e. The number of hydrogen-bond donors (Lipinski definition) is 0. The van der Waals surface area contributed by atoms with Crippen LogP contribution in [-0.2, 0) is 0 Å². The lowest BCUT2D eigenvalue weighted by molar-refractivity contribution is 0.103. The van der Waals surface area contributed by atoms with Crippen molar-refractivity contribution in [2.45, 2.75) is 52.5 Å². The molecule has 0 bridgehead atoms. The van der Waals surface area contributed by atoms with Gasteiger partial charge in [-0.3, -0.25) is 4.90 Å². The number of hydrogen-bond acceptors (Lipinski definition) is 4. The fourth-order valence-corrected chi connectivity index (χ4v) is 5.61. The molecule has 0 aromatic heterocycles. The lowest BCUT2D eigenvalue weighted by Crippen LogP contribution is -2.49. The zero-order valence-electron chi connectivity index (χ0n) is 17.0. The van der Waals surface area contributed by atoms with Crippen molar-refractivity contribution in [3.8, 4) is 0 Å². The summed E-state index contributed by atoms with van der Waals surface area (Å²) in [5.74, 6) is 0.860. The Bertz CT molecular complexity index is 494. The normalized spacial score (nSPS) is 24.7. The quantitative estimate of drug-likeness (QED) is 0.392. The predicted molar refractivity (Wildman–Crippen MR) is 126 cm³/mol. The van der Waals surface area contributed by atoms with Crippen molar-refractivity contribution < 1.29 is 0 Å². The van der Waals surface area contributed by atoms with Crippen molar-refractivity contribution in [2.75, 3.05) is 44.7 Å². The smallest absolute Gasteiger partial charge is 0.0363 e. The molecule has 0 amide bonds. The molecule has 1 aliphatic heterocycles. The van der Waals surface area contributed by atoms with Crippen LogP contribution in [0.15, 0.2) is 24.3 Å². The molecule has 1 heterocycles. The zero-order chi connectivity index (χ0) is 18.9. The molecule has 0 spiro atoms. The molecule has 148 valence electrons. The molecule has 1 aromatic rings. The minimum absolute atomic E-state index is 0.840. The third-order valence-electron chi connectivity index (χ3n) is 5.71. The van der Waals surface area contributed by atoms with Crippen LogP contribution in [0.4, 0.5) is 5.69 Å². The third kappa shape index (κ3) is 6.57. The van der Waals surface area contributed by atoms with Gasteiger partial charge in [0.15, 0.2) is 0 Å². The minimum Gasteiger partial charge on any atom is -0.374 e. The minimum atomic E-state index is 0.840. The summed E-state index contributed by atoms with van der Waals surface area (Å²) in [4.78, 5) is 5.20. The van der Waals surface area contributed by atoms with Gasteiger partial charge in [-0.15, -0.1) is 0 Å². The van der Waals surface area contributed by atoms with Gasteiger partial charge in [0.1, 0.15) is 0 Å². The maximum atomic E-state index is 2.75. The van der Waals surface area contributed by atoms with Gasteiger partial charge in [-0.25, -0.2) is 4.31 Å². The van der Waals surface area contributed by atoms with Gasteiger partial charge in [-0.2, -0.15) is 0 Å². The van der Waals surface area contributed by atoms with Crippen LogP contribution < -0.4 is 4.90 Å². The van der Waals surface area contributed by atoms with Gasteiger partial charge in [0, 0.05) is 72.7 Å². The molecule has 1 saturated carbocycles. The fraction of sp³-hybridized carbons (Fsp3) is 0.714. The van der Waals surface area contributed by atoms with Gasteiger partial charge in [-0.1, -0.05) is 31.5 Å². The Labute approximate surface area is 177 Å². The summed E-state index contributed by atoms with van der Waals surface area (Å²) >= 11 is 2.41. The third-order valence-corrected chi connectivity index (χ3v) is 7.94. The van der Waals surface area contributed by atoms with Crippen molar-refractivity contribution in [1.29, 1.82) is 0 Å². The average Bonchev–Trinajstić information content (AvgIpc) is 2.71. The van der Waals surface area contributed by atoms with E-state index in [0.29, 0.717) is 0 Å². The second-order valence-electron chi connectivity index (χ2n) is 7.42. The van der Waals surface area contributed by atoms with Crippen LogP contribution in [0.1, 0.15) is 45.1 Å². The maximum absolute atomic E-state index is 2.75. The van der Waals surface area contributed by atoms with E-state index in [1.807, 2.05) is 23.0 Å². The highest BCUT2D eigenvalue weighted by Gasteiger charge is 2.28. The van der Waals surface area contributed by atoms with Crippen molar-refractivity contribution in [2.24, 2.45) is 5.92 Å². The number of anilines is 1. The highest BCUT2D eigenvalue weighted by Crippen LogP contribution is 2.30. The molecule has 1 aromatic carbocycles. The van der Waals surface area contributed by atoms with E-state index in [0.717, 1.165) is 12.0 Å². The number of halogens is 1. The molecule has 3 rings (SSSR count). The summed E-state index contributed by atoms with van der Waals surface area (Å²) in [5.41, 5.74) is 2.70. The largest absolute Gasteiger partial charge is 0.374 e. The summed E-state index contributed by atoms with van der Waals surface area (Å²) in [6, 6.07) is 9.79. The molecule has 1 saturated heterocycles. The van der Waals surface area contributed by atoms with E-state index in [4.69, 9.17) is 0 Å². The van der Waals surface area contributed by atoms with Crippen LogP contribution in [0.5, 0.6) is 0 Å². The molecule has 0 atom stereocenters. The van der Waals surface area contributed by atoms with Gasteiger partial charge in [0.25, 0.3) is 0 Å². The summed E-state index contributed by atoms with van der Waals surface area (Å²) in [6.07, 6.45) is 5.57. The van der Waals surface area contributed by atoms with Gasteiger partial charge >= 0.3 is 0 Å². The lowest BCUT2D eigenvalue weighted by Gasteiger charge is -2.41. The SMILES string of the molecule is CC.Cc1ccc(N(C)CC2CCC(N3CCN(SI)CC3)CC2)cc1. The van der Waals surface area contributed by atoms with E-state index in [1.165, 1.54) is 69.7 Å². The Balaban J connectivity index is 0.00000117. The molecule has 1 aliphatic carbocycles. The van der Waals surface area contributed by atoms with E-state index in [2.05, 4.69) is 73.5 Å². The molecular weight excluding hydrogens is 453 g/mol. The molecule has 0 unspecified atom stereocenters. The highest BCUT2D eigenvalue weighted by atomic mass is 127. The summed E-state index contributed by atoms with van der Waals surface area (Å²) < 4.78 is 2.49. The van der Waals surface area contributed by atoms with Crippen molar-refractivity contribution in [1.82, 2.24) is 9.21 Å². The first kappa shape index (κ1) is 22.3. The van der Waals surface area contributed by atoms with Crippen LogP contribution in [0.2, 0.25) is 0 Å². The van der Waals surface area contributed by atoms with Crippen LogP contribution in [0, 0.1) is 12.8 Å². The van der Waals surface area contributed by atoms with Crippen LogP contribution in [0.25, 0.3) is 0 Å². The van der Waals surface area contributed by atoms with Gasteiger partial charge < -0.3 is 4.90 Å². The second kappa shape index (κ2) is 11.8. The Morgan fingerprint density at radius 3 is 2.12 bits per heavy atom. The molecule has 5 heteroatoms. The molecule has 3 nitrogen and oxygen atoms in total. The zero-order valence-corrected chi connectivity index (χ0v) is 19.9. The van der Waals surface area contributed by atoms with E-state index in [1.54, 1.807) is 0 Å². The number of benzene rings is 1. The first-order valence-corrected chi connectivity index (χ1v) is 13.5. The van der Waals surface area contributed by atoms with E-state index < -0.39 is 0 Å². The van der Waals surface area contributed by atoms with Crippen LogP contribution in [-0.4, -0.2) is 55.0 Å². The Hall–Kier alpha value is 0.0200. The highest BCUT2D eigenvalue weighted by molar-refractivity contribution is 14.2. The van der Waals surface area contributed by atoms with Crippen molar-refractivity contribution >= 4 is 36.0 Å². The Morgan fingerprint density at radius 2 is 1.58 bits per heavy atom. The molecular formula is C21H36IN3S. The summed E-state index contributed by atoms with van der Waals surface area (Å²) in [7, 11) is 4.12. The van der Waals surface area contributed by atoms with Gasteiger partial charge in [-0.05, 0) is 59.8 Å². The first-order chi connectivity index (χ1) is 12.7. The number of nitrogens with zero attached hydrogens (tertiary/aromatic N) is 3. The van der Waals surface area contributed by atoms with E-state index >= 15 is 0 Å². The topological polar surface area (TPSA) is 9.72 Å². The number of rotatable bonds is 5.